The van der Waals surface area contributed by atoms with Crippen LogP contribution >= 0.6 is 0 Å². The number of para-hydroxylation sites is 2. The molecule has 0 N–H and O–H groups in total. The molecule has 0 bridgehead atoms. The average Bonchev–Trinajstić information content (AvgIpc) is 4.01. The van der Waals surface area contributed by atoms with Gasteiger partial charge in [0, 0.05) is 33.5 Å². The number of fused-ring (bicyclic) bond motifs is 15. The predicted molar refractivity (Wildman–Crippen MR) is 280 cm³/mol. The van der Waals surface area contributed by atoms with Gasteiger partial charge in [0.25, 0.3) is 0 Å². The molecule has 14 rings (SSSR count). The Morgan fingerprint density at radius 2 is 0.806 bits per heavy atom. The highest BCUT2D eigenvalue weighted by molar-refractivity contribution is 6.10. The van der Waals surface area contributed by atoms with E-state index in [2.05, 4.69) is 264 Å². The van der Waals surface area contributed by atoms with Gasteiger partial charge in [-0.15, -0.1) is 0 Å². The second kappa shape index (κ2) is 14.7. The SMILES string of the molecule is c1ccc(-c2ccc(N(c3ccc(-c4ccc5c6ccccc6n(-c6ccccc6)c5c4)cc3)c3ccc4c(c3)-c3c(ccc5ccccc35)C43c4ccccc4-c4ccccc43)cc2)cc1. The summed E-state index contributed by atoms with van der Waals surface area (Å²) in [6.45, 7) is 0. The van der Waals surface area contributed by atoms with Gasteiger partial charge in [-0.2, -0.15) is 0 Å². The molecule has 0 saturated carbocycles. The van der Waals surface area contributed by atoms with Crippen LogP contribution in [0.3, 0.4) is 0 Å². The smallest absolute Gasteiger partial charge is 0.0725 e. The van der Waals surface area contributed by atoms with E-state index < -0.39 is 5.41 Å². The molecule has 312 valence electrons. The van der Waals surface area contributed by atoms with E-state index in [0.29, 0.717) is 0 Å². The Bertz CT molecular complexity index is 3850. The average molecular weight is 851 g/mol. The van der Waals surface area contributed by atoms with E-state index in [4.69, 9.17) is 0 Å². The third kappa shape index (κ3) is 5.51. The molecule has 2 aliphatic carbocycles. The van der Waals surface area contributed by atoms with Crippen LogP contribution in [0.2, 0.25) is 0 Å². The molecule has 2 heteroatoms. The summed E-state index contributed by atoms with van der Waals surface area (Å²) in [6.07, 6.45) is 0. The Hall–Kier alpha value is -8.72. The van der Waals surface area contributed by atoms with E-state index in [0.717, 1.165) is 22.7 Å². The van der Waals surface area contributed by atoms with E-state index in [1.807, 2.05) is 0 Å². The Morgan fingerprint density at radius 1 is 0.299 bits per heavy atom. The van der Waals surface area contributed by atoms with Crippen molar-refractivity contribution in [3.05, 3.63) is 277 Å². The van der Waals surface area contributed by atoms with Crippen molar-refractivity contribution in [2.45, 2.75) is 5.41 Å². The summed E-state index contributed by atoms with van der Waals surface area (Å²) in [5.74, 6) is 0. The summed E-state index contributed by atoms with van der Waals surface area (Å²) in [6, 6.07) is 94.2. The number of aromatic nitrogens is 1. The predicted octanol–water partition coefficient (Wildman–Crippen LogP) is 17.1. The molecule has 2 aliphatic rings. The first kappa shape index (κ1) is 37.6. The van der Waals surface area contributed by atoms with Gasteiger partial charge in [-0.05, 0) is 138 Å². The van der Waals surface area contributed by atoms with Gasteiger partial charge in [-0.3, -0.25) is 0 Å². The monoisotopic (exact) mass is 850 g/mol. The minimum atomic E-state index is -0.433. The zero-order valence-corrected chi connectivity index (χ0v) is 36.6. The Labute approximate surface area is 389 Å². The van der Waals surface area contributed by atoms with Crippen LogP contribution in [0.1, 0.15) is 22.3 Å². The number of rotatable bonds is 6. The van der Waals surface area contributed by atoms with Crippen molar-refractivity contribution in [1.82, 2.24) is 4.57 Å². The fourth-order valence-electron chi connectivity index (χ4n) is 11.7. The molecular weight excluding hydrogens is 809 g/mol. The van der Waals surface area contributed by atoms with Crippen molar-refractivity contribution in [1.29, 1.82) is 0 Å². The third-order valence-corrected chi connectivity index (χ3v) is 14.6. The van der Waals surface area contributed by atoms with Gasteiger partial charge < -0.3 is 9.47 Å². The van der Waals surface area contributed by atoms with Crippen molar-refractivity contribution in [2.24, 2.45) is 0 Å². The fraction of sp³-hybridized carbons (Fsp3) is 0.0154. The minimum Gasteiger partial charge on any atom is -0.310 e. The standard InChI is InChI=1S/C65H42N2/c1-3-15-43(16-4-1)44-27-33-49(34-28-44)66(50-35-29-45(30-36-50)47-31-38-56-55-23-11-14-26-62(55)67(63(56)41-47)48-18-5-2-6-19-48)51-37-40-60-57(42-51)64-52-20-8-7-17-46(52)32-39-61(64)65(60)58-24-12-9-21-53(58)54-22-10-13-25-59(54)65/h1-42H. The number of benzene rings is 11. The lowest BCUT2D eigenvalue weighted by molar-refractivity contribution is 0.794. The van der Waals surface area contributed by atoms with Crippen LogP contribution in [0.4, 0.5) is 17.1 Å². The molecule has 11 aromatic carbocycles. The van der Waals surface area contributed by atoms with E-state index in [1.54, 1.807) is 0 Å². The van der Waals surface area contributed by atoms with Crippen molar-refractivity contribution >= 4 is 49.6 Å². The summed E-state index contributed by atoms with van der Waals surface area (Å²) in [5.41, 5.74) is 21.8. The molecule has 2 nitrogen and oxygen atoms in total. The zero-order valence-electron chi connectivity index (χ0n) is 36.6. The molecule has 1 heterocycles. The Kier molecular flexibility index (Phi) is 8.23. The molecular formula is C65H42N2. The quantitative estimate of drug-likeness (QED) is 0.162. The van der Waals surface area contributed by atoms with Crippen LogP contribution < -0.4 is 4.90 Å². The van der Waals surface area contributed by atoms with E-state index in [1.165, 1.54) is 99.3 Å². The summed E-state index contributed by atoms with van der Waals surface area (Å²) in [7, 11) is 0. The third-order valence-electron chi connectivity index (χ3n) is 14.6. The molecule has 1 aromatic heterocycles. The number of hydrogen-bond acceptors (Lipinski definition) is 1. The minimum absolute atomic E-state index is 0.433. The topological polar surface area (TPSA) is 8.17 Å². The summed E-state index contributed by atoms with van der Waals surface area (Å²) < 4.78 is 2.39. The second-order valence-electron chi connectivity index (χ2n) is 18.0. The van der Waals surface area contributed by atoms with Gasteiger partial charge in [0.15, 0.2) is 0 Å². The van der Waals surface area contributed by atoms with Crippen molar-refractivity contribution < 1.29 is 0 Å². The first-order chi connectivity index (χ1) is 33.2. The Balaban J connectivity index is 0.950. The van der Waals surface area contributed by atoms with Crippen LogP contribution in [-0.2, 0) is 5.41 Å². The molecule has 12 aromatic rings. The maximum absolute atomic E-state index is 2.47. The van der Waals surface area contributed by atoms with Crippen LogP contribution in [0.5, 0.6) is 0 Å². The first-order valence-corrected chi connectivity index (χ1v) is 23.3. The molecule has 0 amide bonds. The van der Waals surface area contributed by atoms with Crippen molar-refractivity contribution in [3.63, 3.8) is 0 Å². The summed E-state index contributed by atoms with van der Waals surface area (Å²) in [4.78, 5) is 2.43. The number of nitrogens with zero attached hydrogens (tertiary/aromatic N) is 2. The van der Waals surface area contributed by atoms with Gasteiger partial charge in [-0.1, -0.05) is 194 Å². The maximum atomic E-state index is 2.47. The lowest BCUT2D eigenvalue weighted by Gasteiger charge is -2.31. The summed E-state index contributed by atoms with van der Waals surface area (Å²) >= 11 is 0. The van der Waals surface area contributed by atoms with E-state index in [9.17, 15) is 0 Å². The van der Waals surface area contributed by atoms with Crippen LogP contribution in [0, 0.1) is 0 Å². The number of anilines is 3. The van der Waals surface area contributed by atoms with Gasteiger partial charge in [0.2, 0.25) is 0 Å². The molecule has 0 aliphatic heterocycles. The summed E-state index contributed by atoms with van der Waals surface area (Å²) in [5, 5.41) is 5.04. The number of hydrogen-bond donors (Lipinski definition) is 0. The molecule has 0 atom stereocenters. The van der Waals surface area contributed by atoms with Gasteiger partial charge in [-0.25, -0.2) is 0 Å². The van der Waals surface area contributed by atoms with Crippen molar-refractivity contribution in [3.8, 4) is 50.2 Å². The highest BCUT2D eigenvalue weighted by atomic mass is 15.1. The van der Waals surface area contributed by atoms with Gasteiger partial charge in [0.05, 0.1) is 16.4 Å². The lowest BCUT2D eigenvalue weighted by Crippen LogP contribution is -2.25. The zero-order chi connectivity index (χ0) is 44.1. The van der Waals surface area contributed by atoms with Gasteiger partial charge in [0.1, 0.15) is 0 Å². The largest absolute Gasteiger partial charge is 0.310 e. The molecule has 0 saturated heterocycles. The van der Waals surface area contributed by atoms with Crippen molar-refractivity contribution in [2.75, 3.05) is 4.90 Å². The second-order valence-corrected chi connectivity index (χ2v) is 18.0. The Morgan fingerprint density at radius 3 is 1.52 bits per heavy atom. The fourth-order valence-corrected chi connectivity index (χ4v) is 11.7. The lowest BCUT2D eigenvalue weighted by atomic mass is 9.70. The highest BCUT2D eigenvalue weighted by Gasteiger charge is 2.52. The molecule has 0 unspecified atom stereocenters. The maximum Gasteiger partial charge on any atom is 0.0725 e. The normalized spacial score (nSPS) is 12.9. The molecule has 0 fully saturated rings. The van der Waals surface area contributed by atoms with Crippen LogP contribution in [-0.4, -0.2) is 4.57 Å². The molecule has 1 spiro atoms. The van der Waals surface area contributed by atoms with E-state index in [-0.39, 0.29) is 0 Å². The van der Waals surface area contributed by atoms with Gasteiger partial charge >= 0.3 is 0 Å². The molecule has 0 radical (unpaired) electrons. The van der Waals surface area contributed by atoms with Crippen LogP contribution in [0.15, 0.2) is 255 Å². The first-order valence-electron chi connectivity index (χ1n) is 23.3. The van der Waals surface area contributed by atoms with Crippen LogP contribution in [0.25, 0.3) is 82.8 Å². The van der Waals surface area contributed by atoms with E-state index >= 15 is 0 Å². The highest BCUT2D eigenvalue weighted by Crippen LogP contribution is 2.64. The molecule has 67 heavy (non-hydrogen) atoms.